The molecular weight excluding hydrogens is 298 g/mol. The van der Waals surface area contributed by atoms with Gasteiger partial charge in [0.05, 0.1) is 5.92 Å². The van der Waals surface area contributed by atoms with Crippen LogP contribution in [-0.4, -0.2) is 23.0 Å². The summed E-state index contributed by atoms with van der Waals surface area (Å²) in [7, 11) is 0. The van der Waals surface area contributed by atoms with Crippen molar-refractivity contribution in [1.29, 1.82) is 5.41 Å². The van der Waals surface area contributed by atoms with Crippen LogP contribution in [0.25, 0.3) is 0 Å². The lowest BCUT2D eigenvalue weighted by molar-refractivity contribution is -0.139. The smallest absolute Gasteiger partial charge is 0.314 e. The summed E-state index contributed by atoms with van der Waals surface area (Å²) >= 11 is 4.20. The predicted octanol–water partition coefficient (Wildman–Crippen LogP) is 3.79. The van der Waals surface area contributed by atoms with Crippen LogP contribution < -0.4 is 4.74 Å². The van der Waals surface area contributed by atoms with Crippen LogP contribution in [0.1, 0.15) is 45.7 Å². The highest BCUT2D eigenvalue weighted by Crippen LogP contribution is 2.36. The van der Waals surface area contributed by atoms with E-state index in [1.807, 2.05) is 34.6 Å². The van der Waals surface area contributed by atoms with Crippen LogP contribution in [0.4, 0.5) is 0 Å². The van der Waals surface area contributed by atoms with E-state index >= 15 is 0 Å². The van der Waals surface area contributed by atoms with Gasteiger partial charge >= 0.3 is 5.97 Å². The molecule has 1 aromatic rings. The number of ether oxygens (including phenoxy) is 1. The Hall–Kier alpha value is -1.49. The molecule has 22 heavy (non-hydrogen) atoms. The van der Waals surface area contributed by atoms with Gasteiger partial charge in [-0.25, -0.2) is 0 Å². The summed E-state index contributed by atoms with van der Waals surface area (Å²) in [5.41, 5.74) is 0.658. The summed E-state index contributed by atoms with van der Waals surface area (Å²) in [6.45, 7) is 9.61. The molecule has 2 unspecified atom stereocenters. The van der Waals surface area contributed by atoms with E-state index < -0.39 is 0 Å². The lowest BCUT2D eigenvalue weighted by Gasteiger charge is -2.23. The SMILES string of the molecule is CC(CS)C(C)C(=O)Oc1cc(C=N)c(O)c(C(C)(C)C)c1. The minimum Gasteiger partial charge on any atom is -0.507 e. The number of carbonyl (C=O) groups excluding carboxylic acids is 1. The minimum atomic E-state index is -0.331. The molecule has 0 fully saturated rings. The van der Waals surface area contributed by atoms with E-state index in [4.69, 9.17) is 10.1 Å². The van der Waals surface area contributed by atoms with Crippen molar-refractivity contribution in [3.05, 3.63) is 23.3 Å². The molecule has 0 aliphatic carbocycles. The molecule has 0 radical (unpaired) electrons. The van der Waals surface area contributed by atoms with E-state index in [1.165, 1.54) is 6.07 Å². The van der Waals surface area contributed by atoms with Gasteiger partial charge in [-0.3, -0.25) is 4.79 Å². The molecule has 0 saturated carbocycles. The second-order valence-corrected chi connectivity index (χ2v) is 7.04. The summed E-state index contributed by atoms with van der Waals surface area (Å²) in [5.74, 6) is 0.516. The van der Waals surface area contributed by atoms with Gasteiger partial charge < -0.3 is 15.3 Å². The Kier molecular flexibility index (Phi) is 6.06. The number of benzene rings is 1. The average molecular weight is 323 g/mol. The molecule has 0 bridgehead atoms. The van der Waals surface area contributed by atoms with Crippen LogP contribution in [0.15, 0.2) is 12.1 Å². The van der Waals surface area contributed by atoms with Gasteiger partial charge in [0, 0.05) is 17.3 Å². The highest BCUT2D eigenvalue weighted by atomic mass is 32.1. The van der Waals surface area contributed by atoms with E-state index in [1.54, 1.807) is 6.07 Å². The van der Waals surface area contributed by atoms with Crippen LogP contribution in [0.3, 0.4) is 0 Å². The van der Waals surface area contributed by atoms with Crippen molar-refractivity contribution in [2.75, 3.05) is 5.75 Å². The molecule has 2 N–H and O–H groups in total. The van der Waals surface area contributed by atoms with Crippen molar-refractivity contribution in [2.45, 2.75) is 40.0 Å². The number of esters is 1. The van der Waals surface area contributed by atoms with Crippen molar-refractivity contribution in [1.82, 2.24) is 0 Å². The summed E-state index contributed by atoms with van der Waals surface area (Å²) in [4.78, 5) is 12.2. The molecule has 1 rings (SSSR count). The third kappa shape index (κ3) is 4.26. The highest BCUT2D eigenvalue weighted by molar-refractivity contribution is 7.80. The quantitative estimate of drug-likeness (QED) is 0.334. The first-order valence-corrected chi connectivity index (χ1v) is 7.95. The Bertz CT molecular complexity index is 564. The normalized spacial score (nSPS) is 14.3. The number of thiol groups is 1. The molecular formula is C17H25NO3S. The van der Waals surface area contributed by atoms with E-state index in [0.29, 0.717) is 22.6 Å². The highest BCUT2D eigenvalue weighted by Gasteiger charge is 2.24. The molecule has 4 nitrogen and oxygen atoms in total. The zero-order chi connectivity index (χ0) is 17.1. The maximum Gasteiger partial charge on any atom is 0.314 e. The van der Waals surface area contributed by atoms with E-state index in [0.717, 1.165) is 6.21 Å². The number of carbonyl (C=O) groups is 1. The topological polar surface area (TPSA) is 70.4 Å². The Balaban J connectivity index is 3.16. The van der Waals surface area contributed by atoms with Crippen molar-refractivity contribution in [3.8, 4) is 11.5 Å². The van der Waals surface area contributed by atoms with Crippen LogP contribution in [-0.2, 0) is 10.2 Å². The van der Waals surface area contributed by atoms with Gasteiger partial charge in [0.25, 0.3) is 0 Å². The zero-order valence-electron chi connectivity index (χ0n) is 13.8. The summed E-state index contributed by atoms with van der Waals surface area (Å²) in [5, 5.41) is 17.6. The van der Waals surface area contributed by atoms with Gasteiger partial charge in [-0.1, -0.05) is 34.6 Å². The van der Waals surface area contributed by atoms with Crippen LogP contribution in [0.5, 0.6) is 11.5 Å². The first kappa shape index (κ1) is 18.6. The molecule has 0 aromatic heterocycles. The summed E-state index contributed by atoms with van der Waals surface area (Å²) in [6.07, 6.45) is 1.06. The maximum absolute atomic E-state index is 12.2. The second-order valence-electron chi connectivity index (χ2n) is 6.67. The summed E-state index contributed by atoms with van der Waals surface area (Å²) in [6, 6.07) is 3.17. The van der Waals surface area contributed by atoms with Crippen molar-refractivity contribution < 1.29 is 14.6 Å². The van der Waals surface area contributed by atoms with Gasteiger partial charge in [-0.05, 0) is 29.2 Å². The largest absolute Gasteiger partial charge is 0.507 e. The van der Waals surface area contributed by atoms with Crippen LogP contribution >= 0.6 is 12.6 Å². The molecule has 122 valence electrons. The molecule has 0 spiro atoms. The molecule has 0 saturated heterocycles. The van der Waals surface area contributed by atoms with E-state index in [-0.39, 0.29) is 29.0 Å². The lowest BCUT2D eigenvalue weighted by Crippen LogP contribution is -2.25. The van der Waals surface area contributed by atoms with Crippen LogP contribution in [0.2, 0.25) is 0 Å². The number of rotatable bonds is 5. The number of hydrogen-bond donors (Lipinski definition) is 3. The molecule has 1 aromatic carbocycles. The lowest BCUT2D eigenvalue weighted by atomic mass is 9.85. The Labute approximate surface area is 137 Å². The maximum atomic E-state index is 12.2. The third-order valence-electron chi connectivity index (χ3n) is 3.81. The molecule has 2 atom stereocenters. The summed E-state index contributed by atoms with van der Waals surface area (Å²) < 4.78 is 5.45. The standard InChI is InChI=1S/C17H25NO3S/c1-10(9-22)11(2)16(20)21-13-6-12(8-18)15(19)14(7-13)17(3,4)5/h6-8,10-11,18-19,22H,9H2,1-5H3. The molecule has 5 heteroatoms. The molecule has 0 amide bonds. The van der Waals surface area contributed by atoms with Gasteiger partial charge in [-0.2, -0.15) is 12.6 Å². The Morgan fingerprint density at radius 2 is 2.00 bits per heavy atom. The number of hydrogen-bond acceptors (Lipinski definition) is 5. The average Bonchev–Trinajstić information content (AvgIpc) is 2.45. The van der Waals surface area contributed by atoms with Crippen molar-refractivity contribution >= 4 is 24.8 Å². The number of phenols is 1. The first-order chi connectivity index (χ1) is 10.1. The number of nitrogens with one attached hydrogen (secondary N) is 1. The first-order valence-electron chi connectivity index (χ1n) is 7.32. The third-order valence-corrected chi connectivity index (χ3v) is 4.38. The minimum absolute atomic E-state index is 0.0547. The van der Waals surface area contributed by atoms with Gasteiger partial charge in [0.1, 0.15) is 11.5 Å². The van der Waals surface area contributed by atoms with Crippen molar-refractivity contribution in [3.63, 3.8) is 0 Å². The number of phenolic OH excluding ortho intramolecular Hbond substituents is 1. The fourth-order valence-corrected chi connectivity index (χ4v) is 2.29. The Morgan fingerprint density at radius 3 is 2.45 bits per heavy atom. The molecule has 0 aliphatic heterocycles. The van der Waals surface area contributed by atoms with Crippen molar-refractivity contribution in [2.24, 2.45) is 11.8 Å². The predicted molar refractivity (Wildman–Crippen MR) is 92.5 cm³/mol. The monoisotopic (exact) mass is 323 g/mol. The second kappa shape index (κ2) is 7.18. The van der Waals surface area contributed by atoms with E-state index in [9.17, 15) is 9.90 Å². The molecule has 0 aliphatic rings. The molecule has 0 heterocycles. The number of aromatic hydroxyl groups is 1. The fraction of sp³-hybridized carbons (Fsp3) is 0.529. The van der Waals surface area contributed by atoms with E-state index in [2.05, 4.69) is 12.6 Å². The van der Waals surface area contributed by atoms with Gasteiger partial charge in [0.15, 0.2) is 0 Å². The Morgan fingerprint density at radius 1 is 1.41 bits per heavy atom. The van der Waals surface area contributed by atoms with Gasteiger partial charge in [0.2, 0.25) is 0 Å². The zero-order valence-corrected chi connectivity index (χ0v) is 14.7. The fourth-order valence-electron chi connectivity index (χ4n) is 1.97. The van der Waals surface area contributed by atoms with Gasteiger partial charge in [-0.15, -0.1) is 0 Å². The van der Waals surface area contributed by atoms with Crippen LogP contribution in [0, 0.1) is 17.2 Å².